The standard InChI is InChI=1S/C13H12FN5O/c1-16-12-11(20-2)13(18-7-17-12)19-10-5-3-4-9(14)8(10)6-15/h3-5,7H,1-2H3,(H2,16,17,18,19). The third kappa shape index (κ3) is 2.44. The van der Waals surface area contributed by atoms with E-state index < -0.39 is 5.82 Å². The SMILES string of the molecule is CNc1ncnc(Nc2cccc(F)c2C#N)c1OC. The van der Waals surface area contributed by atoms with E-state index in [-0.39, 0.29) is 5.56 Å². The Labute approximate surface area is 115 Å². The lowest BCUT2D eigenvalue weighted by atomic mass is 10.2. The number of hydrogen-bond acceptors (Lipinski definition) is 6. The van der Waals surface area contributed by atoms with E-state index in [4.69, 9.17) is 10.00 Å². The van der Waals surface area contributed by atoms with Crippen molar-refractivity contribution in [1.29, 1.82) is 5.26 Å². The number of hydrogen-bond donors (Lipinski definition) is 2. The van der Waals surface area contributed by atoms with Crippen LogP contribution in [0, 0.1) is 17.1 Å². The summed E-state index contributed by atoms with van der Waals surface area (Å²) in [5.41, 5.74) is 0.228. The van der Waals surface area contributed by atoms with Crippen LogP contribution in [0.3, 0.4) is 0 Å². The largest absolute Gasteiger partial charge is 0.490 e. The number of benzene rings is 1. The van der Waals surface area contributed by atoms with Gasteiger partial charge < -0.3 is 15.4 Å². The van der Waals surface area contributed by atoms with Gasteiger partial charge >= 0.3 is 0 Å². The molecule has 2 N–H and O–H groups in total. The molecule has 0 aliphatic rings. The number of ether oxygens (including phenoxy) is 1. The zero-order valence-electron chi connectivity index (χ0n) is 10.9. The summed E-state index contributed by atoms with van der Waals surface area (Å²) in [4.78, 5) is 8.04. The maximum Gasteiger partial charge on any atom is 0.204 e. The molecule has 0 spiro atoms. The Balaban J connectivity index is 2.46. The van der Waals surface area contributed by atoms with Crippen molar-refractivity contribution < 1.29 is 9.13 Å². The maximum absolute atomic E-state index is 13.5. The molecule has 1 aromatic heterocycles. The van der Waals surface area contributed by atoms with Gasteiger partial charge in [-0.15, -0.1) is 0 Å². The fourth-order valence-corrected chi connectivity index (χ4v) is 1.70. The number of aromatic nitrogens is 2. The van der Waals surface area contributed by atoms with Crippen LogP contribution in [-0.2, 0) is 0 Å². The molecule has 0 aliphatic carbocycles. The van der Waals surface area contributed by atoms with Gasteiger partial charge in [0.2, 0.25) is 5.75 Å². The molecule has 7 heteroatoms. The minimum atomic E-state index is -0.598. The molecule has 0 aliphatic heterocycles. The number of methoxy groups -OCH3 is 1. The van der Waals surface area contributed by atoms with Gasteiger partial charge in [0.15, 0.2) is 11.6 Å². The van der Waals surface area contributed by atoms with E-state index >= 15 is 0 Å². The summed E-state index contributed by atoms with van der Waals surface area (Å²) in [6, 6.07) is 6.13. The lowest BCUT2D eigenvalue weighted by Crippen LogP contribution is -2.04. The van der Waals surface area contributed by atoms with Crippen molar-refractivity contribution in [2.75, 3.05) is 24.8 Å². The molecule has 1 heterocycles. The highest BCUT2D eigenvalue weighted by Crippen LogP contribution is 2.32. The average molecular weight is 273 g/mol. The van der Waals surface area contributed by atoms with Crippen LogP contribution in [0.2, 0.25) is 0 Å². The summed E-state index contributed by atoms with van der Waals surface area (Å²) in [6.45, 7) is 0. The fourth-order valence-electron chi connectivity index (χ4n) is 1.70. The topological polar surface area (TPSA) is 82.9 Å². The molecule has 0 saturated carbocycles. The lowest BCUT2D eigenvalue weighted by molar-refractivity contribution is 0.415. The molecule has 0 atom stereocenters. The molecule has 2 aromatic rings. The predicted molar refractivity (Wildman–Crippen MR) is 72.5 cm³/mol. The molecule has 0 saturated heterocycles. The van der Waals surface area contributed by atoms with E-state index in [1.54, 1.807) is 13.1 Å². The van der Waals surface area contributed by atoms with E-state index in [1.165, 1.54) is 25.6 Å². The van der Waals surface area contributed by atoms with Crippen molar-refractivity contribution in [3.05, 3.63) is 35.9 Å². The van der Waals surface area contributed by atoms with Crippen molar-refractivity contribution in [3.8, 4) is 11.8 Å². The molecule has 0 radical (unpaired) electrons. The number of nitriles is 1. The minimum Gasteiger partial charge on any atom is -0.490 e. The molecule has 6 nitrogen and oxygen atoms in total. The van der Waals surface area contributed by atoms with Gasteiger partial charge in [-0.3, -0.25) is 0 Å². The first-order valence-corrected chi connectivity index (χ1v) is 5.73. The van der Waals surface area contributed by atoms with Crippen LogP contribution in [-0.4, -0.2) is 24.1 Å². The Bertz CT molecular complexity index is 668. The highest BCUT2D eigenvalue weighted by Gasteiger charge is 2.14. The van der Waals surface area contributed by atoms with E-state index in [0.717, 1.165) is 0 Å². The first-order valence-electron chi connectivity index (χ1n) is 5.73. The van der Waals surface area contributed by atoms with Gasteiger partial charge in [0.25, 0.3) is 0 Å². The Morgan fingerprint density at radius 1 is 1.30 bits per heavy atom. The van der Waals surface area contributed by atoms with Gasteiger partial charge in [0.05, 0.1) is 12.8 Å². The van der Waals surface area contributed by atoms with Crippen molar-refractivity contribution in [1.82, 2.24) is 9.97 Å². The zero-order valence-corrected chi connectivity index (χ0v) is 10.9. The second kappa shape index (κ2) is 5.84. The smallest absolute Gasteiger partial charge is 0.204 e. The Kier molecular flexibility index (Phi) is 3.96. The van der Waals surface area contributed by atoms with Crippen LogP contribution in [0.15, 0.2) is 24.5 Å². The van der Waals surface area contributed by atoms with Crippen LogP contribution in [0.1, 0.15) is 5.56 Å². The molecule has 2 rings (SSSR count). The molecule has 0 bridgehead atoms. The fraction of sp³-hybridized carbons (Fsp3) is 0.154. The molecule has 1 aromatic carbocycles. The highest BCUT2D eigenvalue weighted by molar-refractivity contribution is 5.72. The van der Waals surface area contributed by atoms with Crippen LogP contribution < -0.4 is 15.4 Å². The van der Waals surface area contributed by atoms with E-state index in [2.05, 4.69) is 20.6 Å². The lowest BCUT2D eigenvalue weighted by Gasteiger charge is -2.13. The number of nitrogens with zero attached hydrogens (tertiary/aromatic N) is 3. The molecular formula is C13H12FN5O. The monoisotopic (exact) mass is 273 g/mol. The number of anilines is 3. The molecule has 0 amide bonds. The first-order chi connectivity index (χ1) is 9.71. The number of halogens is 1. The van der Waals surface area contributed by atoms with E-state index in [1.807, 2.05) is 6.07 Å². The summed E-state index contributed by atoms with van der Waals surface area (Å²) in [6.07, 6.45) is 1.34. The van der Waals surface area contributed by atoms with Gasteiger partial charge in [0.1, 0.15) is 23.8 Å². The molecule has 20 heavy (non-hydrogen) atoms. The highest BCUT2D eigenvalue weighted by atomic mass is 19.1. The van der Waals surface area contributed by atoms with E-state index in [9.17, 15) is 4.39 Å². The summed E-state index contributed by atoms with van der Waals surface area (Å²) >= 11 is 0. The summed E-state index contributed by atoms with van der Waals surface area (Å²) < 4.78 is 18.8. The number of nitrogens with one attached hydrogen (secondary N) is 2. The van der Waals surface area contributed by atoms with Crippen LogP contribution in [0.4, 0.5) is 21.7 Å². The van der Waals surface area contributed by atoms with Gasteiger partial charge in [-0.25, -0.2) is 14.4 Å². The third-order valence-corrected chi connectivity index (χ3v) is 2.62. The third-order valence-electron chi connectivity index (χ3n) is 2.62. The molecule has 0 unspecified atom stereocenters. The van der Waals surface area contributed by atoms with Gasteiger partial charge in [-0.1, -0.05) is 6.07 Å². The van der Waals surface area contributed by atoms with E-state index in [0.29, 0.717) is 23.1 Å². The Morgan fingerprint density at radius 3 is 2.70 bits per heavy atom. The summed E-state index contributed by atoms with van der Waals surface area (Å²) in [5, 5.41) is 14.7. The summed E-state index contributed by atoms with van der Waals surface area (Å²) in [5.74, 6) is 0.608. The zero-order chi connectivity index (χ0) is 14.5. The Hall–Kier alpha value is -2.88. The van der Waals surface area contributed by atoms with Crippen molar-refractivity contribution >= 4 is 17.3 Å². The van der Waals surface area contributed by atoms with Crippen LogP contribution in [0.5, 0.6) is 5.75 Å². The van der Waals surface area contributed by atoms with Gasteiger partial charge in [-0.05, 0) is 12.1 Å². The van der Waals surface area contributed by atoms with Gasteiger partial charge in [0, 0.05) is 7.05 Å². The first kappa shape index (κ1) is 13.5. The molecule has 0 fully saturated rings. The van der Waals surface area contributed by atoms with Gasteiger partial charge in [-0.2, -0.15) is 5.26 Å². The quantitative estimate of drug-likeness (QED) is 0.889. The molecule has 102 valence electrons. The summed E-state index contributed by atoms with van der Waals surface area (Å²) in [7, 11) is 3.17. The molecular weight excluding hydrogens is 261 g/mol. The normalized spacial score (nSPS) is 9.70. The minimum absolute atomic E-state index is 0.0841. The van der Waals surface area contributed by atoms with Crippen molar-refractivity contribution in [3.63, 3.8) is 0 Å². The second-order valence-electron chi connectivity index (χ2n) is 3.75. The number of rotatable bonds is 4. The Morgan fingerprint density at radius 2 is 2.05 bits per heavy atom. The second-order valence-corrected chi connectivity index (χ2v) is 3.75. The van der Waals surface area contributed by atoms with Crippen LogP contribution >= 0.6 is 0 Å². The van der Waals surface area contributed by atoms with Crippen molar-refractivity contribution in [2.45, 2.75) is 0 Å². The van der Waals surface area contributed by atoms with Crippen molar-refractivity contribution in [2.24, 2.45) is 0 Å². The van der Waals surface area contributed by atoms with Crippen LogP contribution in [0.25, 0.3) is 0 Å². The maximum atomic E-state index is 13.5. The average Bonchev–Trinajstić information content (AvgIpc) is 2.47. The predicted octanol–water partition coefficient (Wildman–Crippen LogP) is 2.28.